The molecule has 0 saturated carbocycles. The second kappa shape index (κ2) is 10.6. The van der Waals surface area contributed by atoms with Gasteiger partial charge in [-0.25, -0.2) is 0 Å². The Balaban J connectivity index is 0.00000261. The van der Waals surface area contributed by atoms with Crippen molar-refractivity contribution in [2.45, 2.75) is 33.2 Å². The summed E-state index contributed by atoms with van der Waals surface area (Å²) in [5.74, 6) is 1.90. The zero-order valence-corrected chi connectivity index (χ0v) is 18.6. The van der Waals surface area contributed by atoms with E-state index in [4.69, 9.17) is 9.05 Å². The van der Waals surface area contributed by atoms with E-state index in [-0.39, 0.29) is 24.0 Å². The molecule has 9 heteroatoms. The molecule has 1 saturated heterocycles. The summed E-state index contributed by atoms with van der Waals surface area (Å²) in [5, 5.41) is 11.5. The predicted octanol–water partition coefficient (Wildman–Crippen LogP) is 2.22. The molecule has 0 aromatic carbocycles. The standard InChI is InChI=1S/C18H28N6O2.HI/c1-14-17(15(2)26-21-14)5-4-7-20-18(19-3)24-10-8-23(9-11-24)13-16-6-12-25-22-16;/h6,12H,4-5,7-11,13H2,1-3H3,(H,19,20);1H. The van der Waals surface area contributed by atoms with Crippen molar-refractivity contribution in [1.82, 2.24) is 25.4 Å². The highest BCUT2D eigenvalue weighted by molar-refractivity contribution is 14.0. The van der Waals surface area contributed by atoms with Crippen LogP contribution in [0.2, 0.25) is 0 Å². The molecule has 0 amide bonds. The summed E-state index contributed by atoms with van der Waals surface area (Å²) >= 11 is 0. The Labute approximate surface area is 177 Å². The molecule has 0 atom stereocenters. The molecule has 3 heterocycles. The maximum Gasteiger partial charge on any atom is 0.193 e. The summed E-state index contributed by atoms with van der Waals surface area (Å²) in [6.45, 7) is 9.60. The molecule has 0 spiro atoms. The lowest BCUT2D eigenvalue weighted by atomic mass is 10.1. The number of nitrogens with one attached hydrogen (secondary N) is 1. The number of nitrogens with zero attached hydrogens (tertiary/aromatic N) is 5. The van der Waals surface area contributed by atoms with Gasteiger partial charge < -0.3 is 19.3 Å². The summed E-state index contributed by atoms with van der Waals surface area (Å²) in [6, 6.07) is 1.92. The van der Waals surface area contributed by atoms with Crippen molar-refractivity contribution in [3.63, 3.8) is 0 Å². The van der Waals surface area contributed by atoms with E-state index in [1.165, 1.54) is 5.56 Å². The van der Waals surface area contributed by atoms with Gasteiger partial charge in [0.05, 0.1) is 11.4 Å². The lowest BCUT2D eigenvalue weighted by Gasteiger charge is -2.36. The number of aryl methyl sites for hydroxylation is 2. The fourth-order valence-corrected chi connectivity index (χ4v) is 3.32. The van der Waals surface area contributed by atoms with Gasteiger partial charge in [-0.3, -0.25) is 9.89 Å². The van der Waals surface area contributed by atoms with Crippen LogP contribution < -0.4 is 5.32 Å². The monoisotopic (exact) mass is 488 g/mol. The van der Waals surface area contributed by atoms with Crippen molar-refractivity contribution < 1.29 is 9.05 Å². The maximum absolute atomic E-state index is 5.22. The third-order valence-corrected chi connectivity index (χ3v) is 4.83. The van der Waals surface area contributed by atoms with Crippen LogP contribution in [0.4, 0.5) is 0 Å². The second-order valence-electron chi connectivity index (χ2n) is 6.63. The number of guanidine groups is 1. The van der Waals surface area contributed by atoms with Gasteiger partial charge in [0.2, 0.25) is 0 Å². The minimum Gasteiger partial charge on any atom is -0.364 e. The first-order valence-electron chi connectivity index (χ1n) is 9.16. The maximum atomic E-state index is 5.22. The number of aromatic nitrogens is 2. The molecular formula is C18H29IN6O2. The van der Waals surface area contributed by atoms with E-state index >= 15 is 0 Å². The Bertz CT molecular complexity index is 688. The Hall–Kier alpha value is -1.62. The highest BCUT2D eigenvalue weighted by Gasteiger charge is 2.20. The lowest BCUT2D eigenvalue weighted by molar-refractivity contribution is 0.169. The molecule has 0 bridgehead atoms. The molecule has 0 aliphatic carbocycles. The molecule has 0 radical (unpaired) electrons. The first kappa shape index (κ1) is 21.7. The number of hydrogen-bond acceptors (Lipinski definition) is 6. The number of piperazine rings is 1. The van der Waals surface area contributed by atoms with Gasteiger partial charge in [0.1, 0.15) is 12.0 Å². The van der Waals surface area contributed by atoms with Gasteiger partial charge >= 0.3 is 0 Å². The Kier molecular flexibility index (Phi) is 8.55. The molecule has 27 heavy (non-hydrogen) atoms. The quantitative estimate of drug-likeness (QED) is 0.289. The van der Waals surface area contributed by atoms with Crippen molar-refractivity contribution >= 4 is 29.9 Å². The number of aliphatic imine (C=N–C) groups is 1. The van der Waals surface area contributed by atoms with Crippen molar-refractivity contribution in [3.8, 4) is 0 Å². The van der Waals surface area contributed by atoms with Crippen LogP contribution in [0.25, 0.3) is 0 Å². The molecular weight excluding hydrogens is 459 g/mol. The van der Waals surface area contributed by atoms with Crippen LogP contribution in [-0.2, 0) is 13.0 Å². The van der Waals surface area contributed by atoms with E-state index in [0.29, 0.717) is 0 Å². The van der Waals surface area contributed by atoms with E-state index in [1.54, 1.807) is 6.26 Å². The predicted molar refractivity (Wildman–Crippen MR) is 114 cm³/mol. The van der Waals surface area contributed by atoms with Gasteiger partial charge in [-0.2, -0.15) is 0 Å². The van der Waals surface area contributed by atoms with Crippen LogP contribution in [0.1, 0.15) is 29.1 Å². The second-order valence-corrected chi connectivity index (χ2v) is 6.63. The van der Waals surface area contributed by atoms with Crippen LogP contribution in [0.15, 0.2) is 26.4 Å². The van der Waals surface area contributed by atoms with E-state index in [9.17, 15) is 0 Å². The topological polar surface area (TPSA) is 82.9 Å². The highest BCUT2D eigenvalue weighted by atomic mass is 127. The number of hydrogen-bond donors (Lipinski definition) is 1. The lowest BCUT2D eigenvalue weighted by Crippen LogP contribution is -2.52. The van der Waals surface area contributed by atoms with Crippen molar-refractivity contribution in [2.24, 2.45) is 4.99 Å². The summed E-state index contributed by atoms with van der Waals surface area (Å²) in [6.07, 6.45) is 3.62. The Morgan fingerprint density at radius 3 is 2.59 bits per heavy atom. The summed E-state index contributed by atoms with van der Waals surface area (Å²) < 4.78 is 10.1. The molecule has 150 valence electrons. The van der Waals surface area contributed by atoms with Crippen LogP contribution in [0, 0.1) is 13.8 Å². The van der Waals surface area contributed by atoms with Crippen molar-refractivity contribution in [3.05, 3.63) is 35.0 Å². The van der Waals surface area contributed by atoms with Crippen LogP contribution >= 0.6 is 24.0 Å². The van der Waals surface area contributed by atoms with Gasteiger partial charge in [-0.1, -0.05) is 10.3 Å². The van der Waals surface area contributed by atoms with Gasteiger partial charge in [-0.05, 0) is 26.7 Å². The molecule has 1 aliphatic heterocycles. The summed E-state index contributed by atoms with van der Waals surface area (Å²) in [5.41, 5.74) is 3.21. The van der Waals surface area contributed by atoms with E-state index < -0.39 is 0 Å². The van der Waals surface area contributed by atoms with Crippen LogP contribution in [-0.4, -0.2) is 65.8 Å². The number of halogens is 1. The minimum atomic E-state index is 0. The minimum absolute atomic E-state index is 0. The zero-order valence-electron chi connectivity index (χ0n) is 16.3. The first-order chi connectivity index (χ1) is 12.7. The molecule has 0 unspecified atom stereocenters. The highest BCUT2D eigenvalue weighted by Crippen LogP contribution is 2.14. The van der Waals surface area contributed by atoms with E-state index in [0.717, 1.165) is 75.2 Å². The Morgan fingerprint density at radius 2 is 2.00 bits per heavy atom. The van der Waals surface area contributed by atoms with E-state index in [2.05, 4.69) is 30.4 Å². The van der Waals surface area contributed by atoms with Crippen molar-refractivity contribution in [2.75, 3.05) is 39.8 Å². The first-order valence-corrected chi connectivity index (χ1v) is 9.16. The van der Waals surface area contributed by atoms with Gasteiger partial charge in [-0.15, -0.1) is 24.0 Å². The third kappa shape index (κ3) is 5.93. The fourth-order valence-electron chi connectivity index (χ4n) is 3.32. The largest absolute Gasteiger partial charge is 0.364 e. The number of rotatable bonds is 6. The molecule has 8 nitrogen and oxygen atoms in total. The van der Waals surface area contributed by atoms with Crippen LogP contribution in [0.3, 0.4) is 0 Å². The fraction of sp³-hybridized carbons (Fsp3) is 0.611. The molecule has 1 aliphatic rings. The molecule has 2 aromatic rings. The average Bonchev–Trinajstić information content (AvgIpc) is 3.27. The smallest absolute Gasteiger partial charge is 0.193 e. The zero-order chi connectivity index (χ0) is 18.4. The molecule has 1 fully saturated rings. The normalized spacial score (nSPS) is 15.7. The molecule has 2 aromatic heterocycles. The summed E-state index contributed by atoms with van der Waals surface area (Å²) in [4.78, 5) is 9.14. The summed E-state index contributed by atoms with van der Waals surface area (Å²) in [7, 11) is 1.85. The third-order valence-electron chi connectivity index (χ3n) is 4.83. The SMILES string of the molecule is CN=C(NCCCc1c(C)noc1C)N1CCN(Cc2ccon2)CC1.I. The van der Waals surface area contributed by atoms with E-state index in [1.807, 2.05) is 27.0 Å². The van der Waals surface area contributed by atoms with Crippen molar-refractivity contribution in [1.29, 1.82) is 0 Å². The average molecular weight is 488 g/mol. The Morgan fingerprint density at radius 1 is 1.22 bits per heavy atom. The van der Waals surface area contributed by atoms with Gasteiger partial charge in [0, 0.05) is 57.9 Å². The molecule has 3 rings (SSSR count). The molecule has 1 N–H and O–H groups in total. The van der Waals surface area contributed by atoms with Crippen LogP contribution in [0.5, 0.6) is 0 Å². The van der Waals surface area contributed by atoms with Gasteiger partial charge in [0.25, 0.3) is 0 Å². The van der Waals surface area contributed by atoms with Gasteiger partial charge in [0.15, 0.2) is 5.96 Å².